The fourth-order valence-electron chi connectivity index (χ4n) is 0.639. The van der Waals surface area contributed by atoms with Crippen LogP contribution < -0.4 is 5.73 Å². The maximum absolute atomic E-state index is 12.3. The Labute approximate surface area is 85.6 Å². The van der Waals surface area contributed by atoms with Gasteiger partial charge >= 0.3 is 0 Å². The standard InChI is InChI=1S/C7H8FN.C2H6.CH4S/c1-5-4-6(8)2-3-7(5)9;2*1-2/h2-4H,9H2,1H3;1-2H3;2H,1H3. The number of benzene rings is 1. The van der Waals surface area contributed by atoms with Gasteiger partial charge < -0.3 is 5.73 Å². The third kappa shape index (κ3) is 6.46. The average Bonchev–Trinajstić information content (AvgIpc) is 2.18. The molecule has 0 atom stereocenters. The lowest BCUT2D eigenvalue weighted by atomic mass is 10.2. The molecule has 13 heavy (non-hydrogen) atoms. The molecule has 0 spiro atoms. The smallest absolute Gasteiger partial charge is 0.123 e. The maximum atomic E-state index is 12.3. The van der Waals surface area contributed by atoms with E-state index in [-0.39, 0.29) is 5.82 Å². The van der Waals surface area contributed by atoms with Gasteiger partial charge in [0.25, 0.3) is 0 Å². The highest BCUT2D eigenvalue weighted by molar-refractivity contribution is 7.79. The van der Waals surface area contributed by atoms with E-state index in [4.69, 9.17) is 5.73 Å². The Balaban J connectivity index is 0. The van der Waals surface area contributed by atoms with Gasteiger partial charge in [-0.05, 0) is 36.9 Å². The maximum Gasteiger partial charge on any atom is 0.123 e. The van der Waals surface area contributed by atoms with E-state index in [0.29, 0.717) is 5.69 Å². The summed E-state index contributed by atoms with van der Waals surface area (Å²) >= 11 is 3.53. The van der Waals surface area contributed by atoms with Crippen molar-refractivity contribution < 1.29 is 4.39 Å². The monoisotopic (exact) mass is 203 g/mol. The number of hydrogen-bond acceptors (Lipinski definition) is 2. The molecule has 0 fully saturated rings. The van der Waals surface area contributed by atoms with Crippen molar-refractivity contribution >= 4 is 18.3 Å². The third-order valence-electron chi connectivity index (χ3n) is 1.23. The third-order valence-corrected chi connectivity index (χ3v) is 1.23. The summed E-state index contributed by atoms with van der Waals surface area (Å²) in [6.07, 6.45) is 1.69. The second-order valence-corrected chi connectivity index (χ2v) is 2.00. The second-order valence-electron chi connectivity index (χ2n) is 2.00. The summed E-state index contributed by atoms with van der Waals surface area (Å²) in [7, 11) is 0. The van der Waals surface area contributed by atoms with Crippen LogP contribution in [0.3, 0.4) is 0 Å². The molecule has 0 aliphatic heterocycles. The number of aryl methyl sites for hydroxylation is 1. The number of nitrogens with two attached hydrogens (primary N) is 1. The molecule has 1 aromatic carbocycles. The summed E-state index contributed by atoms with van der Waals surface area (Å²) in [6, 6.07) is 4.32. The van der Waals surface area contributed by atoms with Crippen LogP contribution in [-0.4, -0.2) is 6.26 Å². The first kappa shape index (κ1) is 14.8. The molecule has 0 amide bonds. The lowest BCUT2D eigenvalue weighted by molar-refractivity contribution is 0.627. The van der Waals surface area contributed by atoms with Gasteiger partial charge in [0.15, 0.2) is 0 Å². The van der Waals surface area contributed by atoms with Crippen molar-refractivity contribution in [3.05, 3.63) is 29.6 Å². The number of thiol groups is 1. The van der Waals surface area contributed by atoms with E-state index in [1.165, 1.54) is 12.1 Å². The Morgan fingerprint density at radius 2 is 1.69 bits per heavy atom. The first-order chi connectivity index (χ1) is 6.20. The zero-order valence-electron chi connectivity index (χ0n) is 8.63. The molecule has 0 radical (unpaired) electrons. The summed E-state index contributed by atoms with van der Waals surface area (Å²) < 4.78 is 12.3. The van der Waals surface area contributed by atoms with Crippen molar-refractivity contribution in [1.29, 1.82) is 0 Å². The SMILES string of the molecule is CC.CS.Cc1cc(F)ccc1N. The Bertz CT molecular complexity index is 226. The molecule has 2 N–H and O–H groups in total. The van der Waals surface area contributed by atoms with E-state index in [1.54, 1.807) is 19.2 Å². The highest BCUT2D eigenvalue weighted by Gasteiger charge is 1.92. The fraction of sp³-hybridized carbons (Fsp3) is 0.400. The molecule has 3 heteroatoms. The van der Waals surface area contributed by atoms with E-state index in [0.717, 1.165) is 5.56 Å². The molecular weight excluding hydrogens is 185 g/mol. The van der Waals surface area contributed by atoms with Gasteiger partial charge in [0.2, 0.25) is 0 Å². The van der Waals surface area contributed by atoms with Crippen molar-refractivity contribution in [2.24, 2.45) is 0 Å². The van der Waals surface area contributed by atoms with Gasteiger partial charge in [-0.25, -0.2) is 4.39 Å². The van der Waals surface area contributed by atoms with Crippen LogP contribution in [-0.2, 0) is 0 Å². The first-order valence-electron chi connectivity index (χ1n) is 4.16. The molecule has 1 nitrogen and oxygen atoms in total. The largest absolute Gasteiger partial charge is 0.399 e. The van der Waals surface area contributed by atoms with Crippen molar-refractivity contribution in [2.45, 2.75) is 20.8 Å². The normalized spacial score (nSPS) is 7.54. The van der Waals surface area contributed by atoms with E-state index < -0.39 is 0 Å². The minimum Gasteiger partial charge on any atom is -0.399 e. The van der Waals surface area contributed by atoms with Crippen LogP contribution in [0.1, 0.15) is 19.4 Å². The zero-order chi connectivity index (χ0) is 10.9. The van der Waals surface area contributed by atoms with Gasteiger partial charge in [-0.3, -0.25) is 0 Å². The number of rotatable bonds is 0. The van der Waals surface area contributed by atoms with Gasteiger partial charge in [0.05, 0.1) is 0 Å². The predicted molar refractivity (Wildman–Crippen MR) is 61.8 cm³/mol. The van der Waals surface area contributed by atoms with Gasteiger partial charge in [-0.15, -0.1) is 0 Å². The van der Waals surface area contributed by atoms with Crippen molar-refractivity contribution in [2.75, 3.05) is 12.0 Å². The van der Waals surface area contributed by atoms with E-state index in [9.17, 15) is 4.39 Å². The molecule has 0 saturated carbocycles. The minimum atomic E-state index is -0.235. The Kier molecular flexibility index (Phi) is 10.7. The molecule has 0 heterocycles. The van der Waals surface area contributed by atoms with Crippen molar-refractivity contribution in [3.8, 4) is 0 Å². The molecular formula is C10H18FNS. The molecule has 0 aliphatic rings. The number of anilines is 1. The fourth-order valence-corrected chi connectivity index (χ4v) is 0.639. The summed E-state index contributed by atoms with van der Waals surface area (Å²) in [5.41, 5.74) is 6.84. The average molecular weight is 203 g/mol. The van der Waals surface area contributed by atoms with Gasteiger partial charge in [0.1, 0.15) is 5.82 Å². The Hall–Kier alpha value is -0.700. The number of nitrogen functional groups attached to an aromatic ring is 1. The number of hydrogen-bond donors (Lipinski definition) is 2. The molecule has 1 rings (SSSR count). The van der Waals surface area contributed by atoms with Crippen molar-refractivity contribution in [3.63, 3.8) is 0 Å². The molecule has 0 bridgehead atoms. The van der Waals surface area contributed by atoms with Crippen LogP contribution in [0.2, 0.25) is 0 Å². The van der Waals surface area contributed by atoms with Crippen LogP contribution in [0, 0.1) is 12.7 Å². The molecule has 76 valence electrons. The molecule has 1 aromatic rings. The van der Waals surface area contributed by atoms with Crippen molar-refractivity contribution in [1.82, 2.24) is 0 Å². The minimum absolute atomic E-state index is 0.235. The summed E-state index contributed by atoms with van der Waals surface area (Å²) in [4.78, 5) is 0. The van der Waals surface area contributed by atoms with Crippen LogP contribution in [0.4, 0.5) is 10.1 Å². The molecule has 0 saturated heterocycles. The van der Waals surface area contributed by atoms with E-state index in [1.807, 2.05) is 13.8 Å². The lowest BCUT2D eigenvalue weighted by Gasteiger charge is -1.96. The van der Waals surface area contributed by atoms with Gasteiger partial charge in [-0.1, -0.05) is 13.8 Å². The van der Waals surface area contributed by atoms with Crippen LogP contribution in [0.5, 0.6) is 0 Å². The summed E-state index contributed by atoms with van der Waals surface area (Å²) in [5.74, 6) is -0.235. The molecule has 0 aromatic heterocycles. The molecule has 0 aliphatic carbocycles. The molecule has 0 unspecified atom stereocenters. The van der Waals surface area contributed by atoms with E-state index in [2.05, 4.69) is 12.6 Å². The van der Waals surface area contributed by atoms with Gasteiger partial charge in [-0.2, -0.15) is 12.6 Å². The predicted octanol–water partition coefficient (Wildman–Crippen LogP) is 3.29. The van der Waals surface area contributed by atoms with Crippen LogP contribution in [0.25, 0.3) is 0 Å². The topological polar surface area (TPSA) is 26.0 Å². The second kappa shape index (κ2) is 9.39. The zero-order valence-corrected chi connectivity index (χ0v) is 9.53. The summed E-state index contributed by atoms with van der Waals surface area (Å²) in [6.45, 7) is 5.78. The first-order valence-corrected chi connectivity index (χ1v) is 5.06. The highest BCUT2D eigenvalue weighted by Crippen LogP contribution is 2.10. The van der Waals surface area contributed by atoms with Crippen LogP contribution in [0.15, 0.2) is 18.2 Å². The quantitative estimate of drug-likeness (QED) is 0.491. The Morgan fingerprint density at radius 3 is 2.00 bits per heavy atom. The van der Waals surface area contributed by atoms with Crippen LogP contribution >= 0.6 is 12.6 Å². The highest BCUT2D eigenvalue weighted by atomic mass is 32.1. The van der Waals surface area contributed by atoms with Gasteiger partial charge in [0, 0.05) is 5.69 Å². The summed E-state index contributed by atoms with van der Waals surface area (Å²) in [5, 5.41) is 0. The lowest BCUT2D eigenvalue weighted by Crippen LogP contribution is -1.88. The Morgan fingerprint density at radius 1 is 1.23 bits per heavy atom. The van der Waals surface area contributed by atoms with E-state index >= 15 is 0 Å². The number of halogens is 1.